The second-order valence-corrected chi connectivity index (χ2v) is 11.1. The van der Waals surface area contributed by atoms with Gasteiger partial charge in [0.15, 0.2) is 0 Å². The van der Waals surface area contributed by atoms with Crippen molar-refractivity contribution in [1.82, 2.24) is 9.80 Å². The minimum Gasteiger partial charge on any atom is -0.493 e. The third kappa shape index (κ3) is 5.84. The zero-order valence-electron chi connectivity index (χ0n) is 24.6. The number of piperazine rings is 1. The molecule has 0 radical (unpaired) electrons. The first-order valence-electron chi connectivity index (χ1n) is 14.4. The molecule has 0 aromatic heterocycles. The molecule has 0 saturated carbocycles. The van der Waals surface area contributed by atoms with Gasteiger partial charge in [-0.3, -0.25) is 14.5 Å². The van der Waals surface area contributed by atoms with Gasteiger partial charge in [0.25, 0.3) is 5.91 Å². The Labute approximate surface area is 250 Å². The summed E-state index contributed by atoms with van der Waals surface area (Å²) in [6, 6.07) is 18.6. The third-order valence-electron chi connectivity index (χ3n) is 8.27. The highest BCUT2D eigenvalue weighted by atomic mass is 16.5. The van der Waals surface area contributed by atoms with Crippen LogP contribution in [0.3, 0.4) is 0 Å². The maximum Gasteiger partial charge on any atom is 0.337 e. The molecule has 3 aliphatic rings. The fraction of sp³-hybridized carbons (Fsp3) is 0.303. The molecule has 3 heterocycles. The van der Waals surface area contributed by atoms with Gasteiger partial charge in [0.2, 0.25) is 5.91 Å². The van der Waals surface area contributed by atoms with E-state index in [1.165, 1.54) is 7.11 Å². The van der Waals surface area contributed by atoms with Gasteiger partial charge in [-0.05, 0) is 55.1 Å². The van der Waals surface area contributed by atoms with E-state index in [2.05, 4.69) is 27.5 Å². The summed E-state index contributed by atoms with van der Waals surface area (Å²) >= 11 is 0. The monoisotopic (exact) mass is 581 g/mol. The third-order valence-corrected chi connectivity index (χ3v) is 8.27. The fourth-order valence-electron chi connectivity index (χ4n) is 5.63. The van der Waals surface area contributed by atoms with E-state index in [4.69, 9.17) is 9.47 Å². The maximum atomic E-state index is 13.4. The topological polar surface area (TPSA) is 103 Å². The second kappa shape index (κ2) is 11.9. The lowest BCUT2D eigenvalue weighted by atomic mass is 9.98. The van der Waals surface area contributed by atoms with Gasteiger partial charge in [0.05, 0.1) is 42.8 Å². The number of carbonyl (C=O) groups is 3. The minimum absolute atomic E-state index is 0.0387. The van der Waals surface area contributed by atoms with E-state index in [1.807, 2.05) is 42.5 Å². The molecule has 0 spiro atoms. The maximum absolute atomic E-state index is 13.4. The highest BCUT2D eigenvalue weighted by Crippen LogP contribution is 2.40. The molecule has 6 rings (SSSR count). The number of likely N-dealkylation sites (N-methyl/N-ethyl adjacent to an activating group) is 2. The van der Waals surface area contributed by atoms with E-state index in [0.717, 1.165) is 60.9 Å². The molecule has 0 unspecified atom stereocenters. The summed E-state index contributed by atoms with van der Waals surface area (Å²) in [5.74, 6) is 0.0760. The predicted octanol–water partition coefficient (Wildman–Crippen LogP) is 3.55. The zero-order chi connectivity index (χ0) is 30.1. The zero-order valence-corrected chi connectivity index (χ0v) is 24.6. The summed E-state index contributed by atoms with van der Waals surface area (Å²) in [5, 5.41) is 6.37. The van der Waals surface area contributed by atoms with Crippen LogP contribution in [0.25, 0.3) is 11.3 Å². The molecule has 0 aliphatic carbocycles. The van der Waals surface area contributed by atoms with Crippen LogP contribution in [0.5, 0.6) is 5.75 Å². The molecule has 3 aromatic rings. The van der Waals surface area contributed by atoms with Crippen LogP contribution in [0.2, 0.25) is 0 Å². The van der Waals surface area contributed by atoms with E-state index in [0.29, 0.717) is 41.2 Å². The highest BCUT2D eigenvalue weighted by molar-refractivity contribution is 6.37. The standard InChI is InChI=1S/C33H35N5O5/c1-36-13-15-38(16-14-36)20-29(39)37(2)25-9-7-24(8-10-25)34-31(22-5-4-21-12-17-43-28(21)19-22)30-26-11-6-23(33(41)42-3)18-27(26)35-32(30)40/h4-11,18-19,34H,12-17,20H2,1-3H3,(H,35,40)/b31-30-. The van der Waals surface area contributed by atoms with Gasteiger partial charge in [0, 0.05) is 62.1 Å². The van der Waals surface area contributed by atoms with Crippen LogP contribution in [0.1, 0.15) is 27.0 Å². The molecule has 0 atom stereocenters. The van der Waals surface area contributed by atoms with Crippen molar-refractivity contribution in [3.8, 4) is 5.75 Å². The summed E-state index contributed by atoms with van der Waals surface area (Å²) in [4.78, 5) is 44.7. The van der Waals surface area contributed by atoms with Gasteiger partial charge in [0.1, 0.15) is 5.75 Å². The number of hydrogen-bond donors (Lipinski definition) is 2. The first kappa shape index (κ1) is 28.4. The number of rotatable bonds is 7. The molecule has 222 valence electrons. The number of methoxy groups -OCH3 is 1. The Balaban J connectivity index is 1.29. The predicted molar refractivity (Wildman–Crippen MR) is 166 cm³/mol. The Kier molecular flexibility index (Phi) is 7.88. The van der Waals surface area contributed by atoms with Gasteiger partial charge in [-0.25, -0.2) is 4.79 Å². The number of ether oxygens (including phenoxy) is 2. The molecule has 3 aromatic carbocycles. The Hall–Kier alpha value is -4.67. The van der Waals surface area contributed by atoms with Crippen LogP contribution in [0, 0.1) is 0 Å². The molecule has 1 saturated heterocycles. The number of benzene rings is 3. The van der Waals surface area contributed by atoms with Crippen LogP contribution in [0.4, 0.5) is 17.1 Å². The van der Waals surface area contributed by atoms with Crippen LogP contribution < -0.4 is 20.3 Å². The van der Waals surface area contributed by atoms with Gasteiger partial charge in [-0.2, -0.15) is 0 Å². The summed E-state index contributed by atoms with van der Waals surface area (Å²) in [6.45, 7) is 4.68. The fourth-order valence-corrected chi connectivity index (χ4v) is 5.63. The lowest BCUT2D eigenvalue weighted by Crippen LogP contribution is -2.48. The number of nitrogens with zero attached hydrogens (tertiary/aromatic N) is 3. The van der Waals surface area contributed by atoms with Crippen LogP contribution in [-0.4, -0.2) is 88.1 Å². The van der Waals surface area contributed by atoms with Gasteiger partial charge in [-0.1, -0.05) is 18.2 Å². The summed E-state index contributed by atoms with van der Waals surface area (Å²) < 4.78 is 10.7. The molecular weight excluding hydrogens is 546 g/mol. The van der Waals surface area contributed by atoms with Crippen LogP contribution in [0.15, 0.2) is 60.7 Å². The Bertz CT molecular complexity index is 1610. The van der Waals surface area contributed by atoms with E-state index < -0.39 is 5.97 Å². The Morgan fingerprint density at radius 2 is 1.74 bits per heavy atom. The SMILES string of the molecule is COC(=O)c1ccc2c(c1)NC(=O)/C2=C(\Nc1ccc(N(C)C(=O)CN2CCN(C)CC2)cc1)c1ccc2c(c1)OCC2. The number of nitrogens with one attached hydrogen (secondary N) is 2. The number of esters is 1. The largest absolute Gasteiger partial charge is 0.493 e. The van der Waals surface area contributed by atoms with Crippen molar-refractivity contribution in [2.45, 2.75) is 6.42 Å². The van der Waals surface area contributed by atoms with Crippen molar-refractivity contribution in [2.24, 2.45) is 0 Å². The minimum atomic E-state index is -0.476. The Morgan fingerprint density at radius 3 is 2.49 bits per heavy atom. The molecule has 10 heteroatoms. The van der Waals surface area contributed by atoms with E-state index in [-0.39, 0.29) is 11.8 Å². The van der Waals surface area contributed by atoms with Crippen molar-refractivity contribution >= 4 is 46.1 Å². The van der Waals surface area contributed by atoms with Crippen LogP contribution in [-0.2, 0) is 20.7 Å². The summed E-state index contributed by atoms with van der Waals surface area (Å²) in [6.07, 6.45) is 0.844. The van der Waals surface area contributed by atoms with Crippen molar-refractivity contribution < 1.29 is 23.9 Å². The lowest BCUT2D eigenvalue weighted by molar-refractivity contribution is -0.119. The van der Waals surface area contributed by atoms with Crippen molar-refractivity contribution in [3.63, 3.8) is 0 Å². The normalized spacial score (nSPS) is 17.4. The van der Waals surface area contributed by atoms with E-state index in [9.17, 15) is 14.4 Å². The van der Waals surface area contributed by atoms with Gasteiger partial charge >= 0.3 is 5.97 Å². The van der Waals surface area contributed by atoms with Gasteiger partial charge in [-0.15, -0.1) is 0 Å². The van der Waals surface area contributed by atoms with Crippen molar-refractivity contribution in [1.29, 1.82) is 0 Å². The number of amides is 2. The first-order valence-corrected chi connectivity index (χ1v) is 14.4. The molecule has 0 bridgehead atoms. The number of carbonyl (C=O) groups excluding carboxylic acids is 3. The second-order valence-electron chi connectivity index (χ2n) is 11.1. The Morgan fingerprint density at radius 1 is 1.00 bits per heavy atom. The van der Waals surface area contributed by atoms with Crippen molar-refractivity contribution in [2.75, 3.05) is 76.1 Å². The number of fused-ring (bicyclic) bond motifs is 2. The van der Waals surface area contributed by atoms with Crippen LogP contribution >= 0.6 is 0 Å². The molecule has 3 aliphatic heterocycles. The van der Waals surface area contributed by atoms with Crippen molar-refractivity contribution in [3.05, 3.63) is 82.9 Å². The number of hydrogen-bond acceptors (Lipinski definition) is 8. The van der Waals surface area contributed by atoms with E-state index >= 15 is 0 Å². The first-order chi connectivity index (χ1) is 20.8. The van der Waals surface area contributed by atoms with E-state index in [1.54, 1.807) is 30.1 Å². The smallest absolute Gasteiger partial charge is 0.337 e. The average molecular weight is 582 g/mol. The lowest BCUT2D eigenvalue weighted by Gasteiger charge is -2.32. The molecular formula is C33H35N5O5. The molecule has 2 N–H and O–H groups in total. The molecule has 10 nitrogen and oxygen atoms in total. The average Bonchev–Trinajstić information content (AvgIpc) is 3.63. The highest BCUT2D eigenvalue weighted by Gasteiger charge is 2.30. The quantitative estimate of drug-likeness (QED) is 0.323. The molecule has 43 heavy (non-hydrogen) atoms. The number of anilines is 3. The molecule has 2 amide bonds. The molecule has 1 fully saturated rings. The van der Waals surface area contributed by atoms with Gasteiger partial charge < -0.3 is 29.9 Å². The summed E-state index contributed by atoms with van der Waals surface area (Å²) in [5.41, 5.74) is 6.07. The summed E-state index contributed by atoms with van der Waals surface area (Å²) in [7, 11) is 5.21.